The Bertz CT molecular complexity index is 403. The fraction of sp³-hybridized carbons (Fsp3) is 0.688. The van der Waals surface area contributed by atoms with Crippen LogP contribution in [-0.2, 0) is 0 Å². The van der Waals surface area contributed by atoms with Crippen LogP contribution in [0.1, 0.15) is 33.6 Å². The van der Waals surface area contributed by atoms with Crippen molar-refractivity contribution in [3.63, 3.8) is 0 Å². The van der Waals surface area contributed by atoms with E-state index in [2.05, 4.69) is 54.1 Å². The van der Waals surface area contributed by atoms with E-state index in [0.717, 1.165) is 50.8 Å². The molecule has 1 saturated heterocycles. The summed E-state index contributed by atoms with van der Waals surface area (Å²) in [6.07, 6.45) is 2.37. The van der Waals surface area contributed by atoms with Gasteiger partial charge in [-0.3, -0.25) is 4.90 Å². The molecular formula is C16H28N4. The van der Waals surface area contributed by atoms with Crippen LogP contribution < -0.4 is 10.2 Å². The summed E-state index contributed by atoms with van der Waals surface area (Å²) < 4.78 is 0. The van der Waals surface area contributed by atoms with Gasteiger partial charge >= 0.3 is 0 Å². The van der Waals surface area contributed by atoms with Gasteiger partial charge < -0.3 is 10.2 Å². The molecule has 2 heterocycles. The van der Waals surface area contributed by atoms with E-state index >= 15 is 0 Å². The summed E-state index contributed by atoms with van der Waals surface area (Å²) in [4.78, 5) is 9.71. The van der Waals surface area contributed by atoms with Gasteiger partial charge in [-0.1, -0.05) is 26.8 Å². The minimum Gasteiger partial charge on any atom is -0.370 e. The molecule has 1 fully saturated rings. The molecule has 4 nitrogen and oxygen atoms in total. The van der Waals surface area contributed by atoms with Crippen molar-refractivity contribution in [1.82, 2.24) is 9.88 Å². The van der Waals surface area contributed by atoms with Crippen molar-refractivity contribution >= 4 is 11.6 Å². The first-order valence-corrected chi connectivity index (χ1v) is 7.98. The third kappa shape index (κ3) is 3.63. The Morgan fingerprint density at radius 3 is 2.80 bits per heavy atom. The molecule has 1 aromatic heterocycles. The molecule has 4 heteroatoms. The SMILES string of the molecule is CCCNc1cccc(N2CCC(N(CC)CC)C2)n1. The Morgan fingerprint density at radius 2 is 2.10 bits per heavy atom. The number of likely N-dealkylation sites (N-methyl/N-ethyl adjacent to an activating group) is 1. The summed E-state index contributed by atoms with van der Waals surface area (Å²) in [6, 6.07) is 6.96. The van der Waals surface area contributed by atoms with E-state index in [9.17, 15) is 0 Å². The Hall–Kier alpha value is -1.29. The smallest absolute Gasteiger partial charge is 0.131 e. The summed E-state index contributed by atoms with van der Waals surface area (Å²) in [7, 11) is 0. The standard InChI is InChI=1S/C16H28N4/c1-4-11-17-15-8-7-9-16(18-15)20-12-10-14(13-20)19(5-2)6-3/h7-9,14H,4-6,10-13H2,1-3H3,(H,17,18). The van der Waals surface area contributed by atoms with Crippen molar-refractivity contribution in [1.29, 1.82) is 0 Å². The lowest BCUT2D eigenvalue weighted by Crippen LogP contribution is -2.37. The summed E-state index contributed by atoms with van der Waals surface area (Å²) in [5.41, 5.74) is 0. The van der Waals surface area contributed by atoms with Crippen LogP contribution in [0.15, 0.2) is 18.2 Å². The fourth-order valence-electron chi connectivity index (χ4n) is 2.94. The number of rotatable bonds is 7. The Balaban J connectivity index is 1.98. The van der Waals surface area contributed by atoms with Gasteiger partial charge in [-0.25, -0.2) is 4.98 Å². The number of hydrogen-bond acceptors (Lipinski definition) is 4. The van der Waals surface area contributed by atoms with E-state index in [1.807, 2.05) is 0 Å². The van der Waals surface area contributed by atoms with Crippen LogP contribution in [0.5, 0.6) is 0 Å². The molecule has 0 aliphatic carbocycles. The van der Waals surface area contributed by atoms with Gasteiger partial charge in [0.25, 0.3) is 0 Å². The van der Waals surface area contributed by atoms with Crippen LogP contribution in [0.25, 0.3) is 0 Å². The molecule has 1 unspecified atom stereocenters. The van der Waals surface area contributed by atoms with E-state index in [0.29, 0.717) is 6.04 Å². The lowest BCUT2D eigenvalue weighted by atomic mass is 10.2. The predicted octanol–water partition coefficient (Wildman–Crippen LogP) is 2.82. The molecule has 1 atom stereocenters. The van der Waals surface area contributed by atoms with E-state index < -0.39 is 0 Å². The maximum atomic E-state index is 4.73. The summed E-state index contributed by atoms with van der Waals surface area (Å²) in [5.74, 6) is 2.11. The second kappa shape index (κ2) is 7.48. The van der Waals surface area contributed by atoms with Gasteiger partial charge in [0.05, 0.1) is 0 Å². The van der Waals surface area contributed by atoms with Crippen molar-refractivity contribution in [3.8, 4) is 0 Å². The third-order valence-corrected chi connectivity index (χ3v) is 4.11. The van der Waals surface area contributed by atoms with Gasteiger partial charge in [-0.05, 0) is 38.1 Å². The molecule has 1 aliphatic rings. The van der Waals surface area contributed by atoms with E-state index in [1.165, 1.54) is 6.42 Å². The molecule has 0 aromatic carbocycles. The Labute approximate surface area is 123 Å². The number of pyridine rings is 1. The van der Waals surface area contributed by atoms with Crippen LogP contribution >= 0.6 is 0 Å². The number of anilines is 2. The molecule has 2 rings (SSSR count). The predicted molar refractivity (Wildman–Crippen MR) is 86.6 cm³/mol. The minimum atomic E-state index is 0.680. The average Bonchev–Trinajstić information content (AvgIpc) is 2.96. The molecule has 0 spiro atoms. The highest BCUT2D eigenvalue weighted by Gasteiger charge is 2.26. The fourth-order valence-corrected chi connectivity index (χ4v) is 2.94. The third-order valence-electron chi connectivity index (χ3n) is 4.11. The summed E-state index contributed by atoms with van der Waals surface area (Å²) in [5, 5.41) is 3.37. The number of nitrogens with zero attached hydrogens (tertiary/aromatic N) is 3. The zero-order valence-corrected chi connectivity index (χ0v) is 13.1. The topological polar surface area (TPSA) is 31.4 Å². The number of nitrogens with one attached hydrogen (secondary N) is 1. The average molecular weight is 276 g/mol. The van der Waals surface area contributed by atoms with Crippen molar-refractivity contribution in [2.24, 2.45) is 0 Å². The van der Waals surface area contributed by atoms with E-state index in [1.54, 1.807) is 0 Å². The van der Waals surface area contributed by atoms with Crippen LogP contribution in [0, 0.1) is 0 Å². The van der Waals surface area contributed by atoms with Crippen LogP contribution in [0.3, 0.4) is 0 Å². The van der Waals surface area contributed by atoms with Gasteiger partial charge in [-0.15, -0.1) is 0 Å². The lowest BCUT2D eigenvalue weighted by molar-refractivity contribution is 0.232. The highest BCUT2D eigenvalue weighted by Crippen LogP contribution is 2.22. The van der Waals surface area contributed by atoms with Gasteiger partial charge in [0.2, 0.25) is 0 Å². The van der Waals surface area contributed by atoms with Crippen molar-refractivity contribution in [2.45, 2.75) is 39.7 Å². The first-order valence-electron chi connectivity index (χ1n) is 7.98. The van der Waals surface area contributed by atoms with Gasteiger partial charge in [0.1, 0.15) is 11.6 Å². The zero-order valence-electron chi connectivity index (χ0n) is 13.1. The molecule has 1 aliphatic heterocycles. The van der Waals surface area contributed by atoms with Crippen LogP contribution in [-0.4, -0.2) is 48.6 Å². The quantitative estimate of drug-likeness (QED) is 0.830. The molecule has 1 N–H and O–H groups in total. The number of hydrogen-bond donors (Lipinski definition) is 1. The Morgan fingerprint density at radius 1 is 1.30 bits per heavy atom. The first kappa shape index (κ1) is 15.1. The zero-order chi connectivity index (χ0) is 14.4. The molecule has 0 bridgehead atoms. The lowest BCUT2D eigenvalue weighted by Gasteiger charge is -2.26. The van der Waals surface area contributed by atoms with E-state index in [-0.39, 0.29) is 0 Å². The van der Waals surface area contributed by atoms with Crippen LogP contribution in [0.2, 0.25) is 0 Å². The van der Waals surface area contributed by atoms with Gasteiger partial charge in [-0.2, -0.15) is 0 Å². The summed E-state index contributed by atoms with van der Waals surface area (Å²) >= 11 is 0. The molecule has 20 heavy (non-hydrogen) atoms. The molecule has 112 valence electrons. The second-order valence-electron chi connectivity index (χ2n) is 5.42. The summed E-state index contributed by atoms with van der Waals surface area (Å²) in [6.45, 7) is 12.2. The minimum absolute atomic E-state index is 0.680. The highest BCUT2D eigenvalue weighted by atomic mass is 15.3. The first-order chi connectivity index (χ1) is 9.78. The maximum Gasteiger partial charge on any atom is 0.131 e. The number of aromatic nitrogens is 1. The molecule has 0 saturated carbocycles. The second-order valence-corrected chi connectivity index (χ2v) is 5.42. The maximum absolute atomic E-state index is 4.73. The van der Waals surface area contributed by atoms with Gasteiger partial charge in [0, 0.05) is 25.7 Å². The highest BCUT2D eigenvalue weighted by molar-refractivity contribution is 5.48. The molecule has 1 aromatic rings. The molecule has 0 amide bonds. The largest absolute Gasteiger partial charge is 0.370 e. The Kier molecular flexibility index (Phi) is 5.65. The molecule has 0 radical (unpaired) electrons. The van der Waals surface area contributed by atoms with Crippen molar-refractivity contribution in [3.05, 3.63) is 18.2 Å². The van der Waals surface area contributed by atoms with Crippen molar-refractivity contribution in [2.75, 3.05) is 42.9 Å². The normalized spacial score (nSPS) is 18.8. The van der Waals surface area contributed by atoms with Crippen molar-refractivity contribution < 1.29 is 0 Å². The van der Waals surface area contributed by atoms with Crippen LogP contribution in [0.4, 0.5) is 11.6 Å². The monoisotopic (exact) mass is 276 g/mol. The van der Waals surface area contributed by atoms with E-state index in [4.69, 9.17) is 4.98 Å². The van der Waals surface area contributed by atoms with Gasteiger partial charge in [0.15, 0.2) is 0 Å². The molecular weight excluding hydrogens is 248 g/mol.